The molecule has 3 nitrogen and oxygen atoms in total. The first-order chi connectivity index (χ1) is 13.5. The minimum absolute atomic E-state index is 0.125. The average Bonchev–Trinajstić information content (AvgIpc) is 2.69. The Bertz CT molecular complexity index is 969. The van der Waals surface area contributed by atoms with E-state index in [0.717, 1.165) is 11.1 Å². The van der Waals surface area contributed by atoms with E-state index >= 15 is 0 Å². The van der Waals surface area contributed by atoms with Gasteiger partial charge in [-0.2, -0.15) is 8.78 Å². The van der Waals surface area contributed by atoms with Crippen LogP contribution < -0.4 is 14.2 Å². The van der Waals surface area contributed by atoms with Crippen LogP contribution in [-0.2, 0) is 0 Å². The van der Waals surface area contributed by atoms with Gasteiger partial charge in [0, 0.05) is 5.39 Å². The largest absolute Gasteiger partial charge is 0.490 e. The van der Waals surface area contributed by atoms with Gasteiger partial charge in [0.25, 0.3) is 0 Å². The van der Waals surface area contributed by atoms with Crippen molar-refractivity contribution in [2.45, 2.75) is 13.5 Å². The standard InChI is InChI=1S/C22H19F3O3/c1-3-11-27-17-8-5-14(6-9-17)15-7-10-18-16(12-15)13-19(28-22(24)25)21(20(18)23)26-4-2/h3,5-10,12-13,22H,1,4,11H2,2H3. The molecule has 3 aromatic rings. The summed E-state index contributed by atoms with van der Waals surface area (Å²) in [5.41, 5.74) is 1.67. The zero-order valence-corrected chi connectivity index (χ0v) is 15.3. The van der Waals surface area contributed by atoms with Gasteiger partial charge in [0.1, 0.15) is 12.4 Å². The molecule has 0 saturated carbocycles. The van der Waals surface area contributed by atoms with Crippen molar-refractivity contribution in [2.75, 3.05) is 13.2 Å². The van der Waals surface area contributed by atoms with Crippen LogP contribution in [0.2, 0.25) is 0 Å². The van der Waals surface area contributed by atoms with Crippen LogP contribution >= 0.6 is 0 Å². The highest BCUT2D eigenvalue weighted by atomic mass is 19.3. The Balaban J connectivity index is 2.02. The summed E-state index contributed by atoms with van der Waals surface area (Å²) in [6, 6.07) is 13.8. The van der Waals surface area contributed by atoms with Gasteiger partial charge in [-0.15, -0.1) is 0 Å². The monoisotopic (exact) mass is 388 g/mol. The molecule has 0 atom stereocenters. The maximum absolute atomic E-state index is 14.8. The summed E-state index contributed by atoms with van der Waals surface area (Å²) in [6.45, 7) is 2.69. The highest BCUT2D eigenvalue weighted by Gasteiger charge is 2.19. The zero-order chi connectivity index (χ0) is 20.1. The number of ether oxygens (including phenoxy) is 3. The van der Waals surface area contributed by atoms with Gasteiger partial charge >= 0.3 is 6.61 Å². The van der Waals surface area contributed by atoms with Crippen LogP contribution in [0, 0.1) is 5.82 Å². The Labute approximate surface area is 161 Å². The number of rotatable bonds is 8. The van der Waals surface area contributed by atoms with Crippen LogP contribution in [0.4, 0.5) is 13.2 Å². The van der Waals surface area contributed by atoms with Crippen molar-refractivity contribution >= 4 is 10.8 Å². The molecule has 0 radical (unpaired) electrons. The number of hydrogen-bond donors (Lipinski definition) is 0. The molecular weight excluding hydrogens is 369 g/mol. The molecule has 0 aliphatic heterocycles. The zero-order valence-electron chi connectivity index (χ0n) is 15.3. The quantitative estimate of drug-likeness (QED) is 0.429. The Kier molecular flexibility index (Phi) is 6.09. The van der Waals surface area contributed by atoms with Crippen molar-refractivity contribution in [1.82, 2.24) is 0 Å². The van der Waals surface area contributed by atoms with Crippen molar-refractivity contribution in [3.05, 3.63) is 67.0 Å². The normalized spacial score (nSPS) is 10.9. The number of hydrogen-bond acceptors (Lipinski definition) is 3. The topological polar surface area (TPSA) is 27.7 Å². The fraction of sp³-hybridized carbons (Fsp3) is 0.182. The van der Waals surface area contributed by atoms with Crippen LogP contribution in [0.5, 0.6) is 17.2 Å². The molecule has 0 amide bonds. The molecule has 0 aromatic heterocycles. The second kappa shape index (κ2) is 8.69. The smallest absolute Gasteiger partial charge is 0.387 e. The predicted octanol–water partition coefficient (Wildman–Crippen LogP) is 6.21. The second-order valence-electron chi connectivity index (χ2n) is 5.89. The van der Waals surface area contributed by atoms with E-state index in [9.17, 15) is 13.2 Å². The summed E-state index contributed by atoms with van der Waals surface area (Å²) in [6.07, 6.45) is 1.65. The maximum atomic E-state index is 14.8. The van der Waals surface area contributed by atoms with Crippen LogP contribution in [0.1, 0.15) is 6.92 Å². The fourth-order valence-electron chi connectivity index (χ4n) is 2.86. The van der Waals surface area contributed by atoms with Crippen molar-refractivity contribution < 1.29 is 27.4 Å². The van der Waals surface area contributed by atoms with E-state index in [-0.39, 0.29) is 23.5 Å². The lowest BCUT2D eigenvalue weighted by Gasteiger charge is -2.14. The van der Waals surface area contributed by atoms with Gasteiger partial charge < -0.3 is 14.2 Å². The minimum Gasteiger partial charge on any atom is -0.490 e. The Morgan fingerprint density at radius 3 is 2.36 bits per heavy atom. The van der Waals surface area contributed by atoms with E-state index in [4.69, 9.17) is 9.47 Å². The van der Waals surface area contributed by atoms with E-state index in [1.165, 1.54) is 6.07 Å². The molecule has 0 fully saturated rings. The molecule has 3 rings (SSSR count). The molecule has 0 aliphatic carbocycles. The van der Waals surface area contributed by atoms with Crippen molar-refractivity contribution in [3.63, 3.8) is 0 Å². The highest BCUT2D eigenvalue weighted by Crippen LogP contribution is 2.39. The molecule has 6 heteroatoms. The van der Waals surface area contributed by atoms with E-state index in [1.807, 2.05) is 24.3 Å². The lowest BCUT2D eigenvalue weighted by molar-refractivity contribution is -0.0515. The molecule has 0 N–H and O–H groups in total. The van der Waals surface area contributed by atoms with Crippen molar-refractivity contribution in [3.8, 4) is 28.4 Å². The minimum atomic E-state index is -3.08. The second-order valence-corrected chi connectivity index (χ2v) is 5.89. The fourth-order valence-corrected chi connectivity index (χ4v) is 2.86. The van der Waals surface area contributed by atoms with Gasteiger partial charge in [-0.25, -0.2) is 4.39 Å². The van der Waals surface area contributed by atoms with Crippen LogP contribution in [0.25, 0.3) is 21.9 Å². The average molecular weight is 388 g/mol. The Morgan fingerprint density at radius 2 is 1.71 bits per heavy atom. The predicted molar refractivity (Wildman–Crippen MR) is 103 cm³/mol. The first-order valence-corrected chi connectivity index (χ1v) is 8.71. The lowest BCUT2D eigenvalue weighted by Crippen LogP contribution is -2.06. The third-order valence-electron chi connectivity index (χ3n) is 4.06. The maximum Gasteiger partial charge on any atom is 0.387 e. The van der Waals surface area contributed by atoms with Gasteiger partial charge in [-0.1, -0.05) is 36.9 Å². The third kappa shape index (κ3) is 4.22. The molecular formula is C22H19F3O3. The summed E-state index contributed by atoms with van der Waals surface area (Å²) >= 11 is 0. The molecule has 0 heterocycles. The van der Waals surface area contributed by atoms with E-state index in [1.54, 1.807) is 31.2 Å². The molecule has 3 aromatic carbocycles. The summed E-state index contributed by atoms with van der Waals surface area (Å²) in [7, 11) is 0. The molecule has 0 spiro atoms. The first-order valence-electron chi connectivity index (χ1n) is 8.71. The number of fused-ring (bicyclic) bond motifs is 1. The molecule has 0 unspecified atom stereocenters. The summed E-state index contributed by atoms with van der Waals surface area (Å²) in [5, 5.41) is 0.695. The van der Waals surface area contributed by atoms with Gasteiger partial charge in [0.05, 0.1) is 6.61 Å². The molecule has 0 bridgehead atoms. The first kappa shape index (κ1) is 19.6. The number of alkyl halides is 2. The molecule has 146 valence electrons. The third-order valence-corrected chi connectivity index (χ3v) is 4.06. The summed E-state index contributed by atoms with van der Waals surface area (Å²) < 4.78 is 55.3. The van der Waals surface area contributed by atoms with Gasteiger partial charge in [0.2, 0.25) is 0 Å². The van der Waals surface area contributed by atoms with Crippen LogP contribution in [0.15, 0.2) is 61.2 Å². The van der Waals surface area contributed by atoms with E-state index in [0.29, 0.717) is 17.7 Å². The van der Waals surface area contributed by atoms with E-state index in [2.05, 4.69) is 11.3 Å². The van der Waals surface area contributed by atoms with Gasteiger partial charge in [-0.05, 0) is 47.7 Å². The van der Waals surface area contributed by atoms with Crippen molar-refractivity contribution in [2.24, 2.45) is 0 Å². The summed E-state index contributed by atoms with van der Waals surface area (Å²) in [5.74, 6) is -0.668. The molecule has 0 aliphatic rings. The lowest BCUT2D eigenvalue weighted by atomic mass is 10.0. The number of halogens is 3. The number of benzene rings is 3. The SMILES string of the molecule is C=CCOc1ccc(-c2ccc3c(F)c(OCC)c(OC(F)F)cc3c2)cc1. The van der Waals surface area contributed by atoms with Crippen molar-refractivity contribution in [1.29, 1.82) is 0 Å². The Hall–Kier alpha value is -3.15. The summed E-state index contributed by atoms with van der Waals surface area (Å²) in [4.78, 5) is 0. The van der Waals surface area contributed by atoms with E-state index < -0.39 is 12.4 Å². The van der Waals surface area contributed by atoms with Crippen LogP contribution in [-0.4, -0.2) is 19.8 Å². The van der Waals surface area contributed by atoms with Gasteiger partial charge in [-0.3, -0.25) is 0 Å². The molecule has 0 saturated heterocycles. The van der Waals surface area contributed by atoms with Gasteiger partial charge in [0.15, 0.2) is 17.3 Å². The Morgan fingerprint density at radius 1 is 1.00 bits per heavy atom. The van der Waals surface area contributed by atoms with Crippen LogP contribution in [0.3, 0.4) is 0 Å². The molecule has 28 heavy (non-hydrogen) atoms. The highest BCUT2D eigenvalue weighted by molar-refractivity contribution is 5.90.